The molecule has 1 heterocycles. The molecule has 6 heteroatoms. The van der Waals surface area contributed by atoms with E-state index >= 15 is 0 Å². The smallest absolute Gasteiger partial charge is 0.203 e. The van der Waals surface area contributed by atoms with Crippen LogP contribution in [0.5, 0.6) is 28.7 Å². The third-order valence-electron chi connectivity index (χ3n) is 4.31. The van der Waals surface area contributed by atoms with Gasteiger partial charge < -0.3 is 29.0 Å². The molecule has 1 aliphatic rings. The van der Waals surface area contributed by atoms with E-state index in [-0.39, 0.29) is 12.1 Å². The maximum Gasteiger partial charge on any atom is 0.203 e. The lowest BCUT2D eigenvalue weighted by Crippen LogP contribution is -2.20. The lowest BCUT2D eigenvalue weighted by Gasteiger charge is -2.20. The van der Waals surface area contributed by atoms with Crippen LogP contribution in [-0.2, 0) is 0 Å². The number of nitrogens with one attached hydrogen (secondary N) is 1. The third-order valence-corrected chi connectivity index (χ3v) is 4.31. The van der Waals surface area contributed by atoms with Gasteiger partial charge in [0.1, 0.15) is 17.6 Å². The molecule has 0 aromatic heterocycles. The normalized spacial score (nSPS) is 18.1. The van der Waals surface area contributed by atoms with Gasteiger partial charge in [-0.15, -0.1) is 0 Å². The first-order chi connectivity index (χ1) is 12.1. The van der Waals surface area contributed by atoms with Gasteiger partial charge in [-0.3, -0.25) is 0 Å². The number of hydrogen-bond donors (Lipinski definition) is 1. The Labute approximate surface area is 147 Å². The molecule has 0 fully saturated rings. The van der Waals surface area contributed by atoms with Gasteiger partial charge in [-0.2, -0.15) is 0 Å². The van der Waals surface area contributed by atoms with Crippen molar-refractivity contribution in [1.82, 2.24) is 0 Å². The van der Waals surface area contributed by atoms with Crippen LogP contribution in [0.4, 0.5) is 5.69 Å². The minimum absolute atomic E-state index is 0.112. The van der Waals surface area contributed by atoms with Crippen LogP contribution in [0.25, 0.3) is 0 Å². The van der Waals surface area contributed by atoms with Crippen LogP contribution in [0.1, 0.15) is 18.6 Å². The lowest BCUT2D eigenvalue weighted by atomic mass is 10.1. The number of rotatable bonds is 6. The van der Waals surface area contributed by atoms with Gasteiger partial charge in [0.05, 0.1) is 34.5 Å². The van der Waals surface area contributed by atoms with Crippen molar-refractivity contribution in [3.05, 3.63) is 35.9 Å². The quantitative estimate of drug-likeness (QED) is 0.862. The Bertz CT molecular complexity index is 736. The van der Waals surface area contributed by atoms with Crippen LogP contribution < -0.4 is 29.0 Å². The lowest BCUT2D eigenvalue weighted by molar-refractivity contribution is 0.195. The summed E-state index contributed by atoms with van der Waals surface area (Å²) in [5, 5.41) is 3.43. The molecule has 2 unspecified atom stereocenters. The van der Waals surface area contributed by atoms with E-state index < -0.39 is 0 Å². The second kappa shape index (κ2) is 7.01. The summed E-state index contributed by atoms with van der Waals surface area (Å²) in [6.45, 7) is 2.08. The van der Waals surface area contributed by atoms with Crippen LogP contribution in [0, 0.1) is 0 Å². The molecule has 2 aromatic carbocycles. The van der Waals surface area contributed by atoms with Gasteiger partial charge in [0.15, 0.2) is 11.5 Å². The molecule has 25 heavy (non-hydrogen) atoms. The van der Waals surface area contributed by atoms with Crippen LogP contribution in [0.2, 0.25) is 0 Å². The molecule has 0 radical (unpaired) electrons. The molecule has 0 bridgehead atoms. The van der Waals surface area contributed by atoms with Gasteiger partial charge in [0, 0.05) is 29.4 Å². The van der Waals surface area contributed by atoms with Crippen molar-refractivity contribution in [1.29, 1.82) is 0 Å². The average Bonchev–Trinajstić information content (AvgIpc) is 2.95. The van der Waals surface area contributed by atoms with Crippen LogP contribution in [-0.4, -0.2) is 34.5 Å². The zero-order valence-electron chi connectivity index (χ0n) is 15.1. The Morgan fingerprint density at radius 1 is 0.800 bits per heavy atom. The van der Waals surface area contributed by atoms with Crippen molar-refractivity contribution in [2.45, 2.75) is 19.1 Å². The summed E-state index contributed by atoms with van der Waals surface area (Å²) in [5.74, 6) is 3.12. The predicted octanol–water partition coefficient (Wildman–Crippen LogP) is 3.66. The van der Waals surface area contributed by atoms with E-state index in [1.807, 2.05) is 18.2 Å². The molecule has 1 aliphatic heterocycles. The van der Waals surface area contributed by atoms with Gasteiger partial charge in [-0.25, -0.2) is 0 Å². The number of benzene rings is 2. The summed E-state index contributed by atoms with van der Waals surface area (Å²) in [6.07, 6.45) is -0.135. The first kappa shape index (κ1) is 17.1. The Hall–Kier alpha value is -2.76. The predicted molar refractivity (Wildman–Crippen MR) is 95.5 cm³/mol. The van der Waals surface area contributed by atoms with E-state index in [1.165, 1.54) is 0 Å². The minimum atomic E-state index is -0.135. The molecule has 0 amide bonds. The second-order valence-corrected chi connectivity index (χ2v) is 5.79. The molecule has 2 aromatic rings. The standard InChI is InChI=1S/C19H23NO5/c1-11-18(14-7-6-12(21-2)8-15(14)20-11)25-13-9-16(22-3)19(24-5)17(10-13)23-4/h6-11,18,20H,1-5H3. The summed E-state index contributed by atoms with van der Waals surface area (Å²) in [4.78, 5) is 0. The van der Waals surface area contributed by atoms with Crippen molar-refractivity contribution < 1.29 is 23.7 Å². The van der Waals surface area contributed by atoms with Crippen LogP contribution in [0.3, 0.4) is 0 Å². The molecule has 2 atom stereocenters. The highest BCUT2D eigenvalue weighted by Gasteiger charge is 2.31. The van der Waals surface area contributed by atoms with Gasteiger partial charge in [-0.05, 0) is 19.1 Å². The summed E-state index contributed by atoms with van der Waals surface area (Å²) in [6, 6.07) is 9.65. The molecular weight excluding hydrogens is 322 g/mol. The van der Waals surface area contributed by atoms with E-state index in [9.17, 15) is 0 Å². The minimum Gasteiger partial charge on any atom is -0.497 e. The monoisotopic (exact) mass is 345 g/mol. The summed E-state index contributed by atoms with van der Waals surface area (Å²) < 4.78 is 27.7. The molecule has 0 aliphatic carbocycles. The number of fused-ring (bicyclic) bond motifs is 1. The fourth-order valence-electron chi connectivity index (χ4n) is 3.06. The first-order valence-corrected chi connectivity index (χ1v) is 8.02. The number of anilines is 1. The average molecular weight is 345 g/mol. The van der Waals surface area contributed by atoms with Crippen molar-refractivity contribution in [2.24, 2.45) is 0 Å². The van der Waals surface area contributed by atoms with E-state index in [0.29, 0.717) is 23.0 Å². The molecule has 1 N–H and O–H groups in total. The van der Waals surface area contributed by atoms with Gasteiger partial charge in [0.2, 0.25) is 5.75 Å². The largest absolute Gasteiger partial charge is 0.497 e. The maximum atomic E-state index is 6.25. The fraction of sp³-hybridized carbons (Fsp3) is 0.368. The molecular formula is C19H23NO5. The van der Waals surface area contributed by atoms with Crippen molar-refractivity contribution in [3.8, 4) is 28.7 Å². The van der Waals surface area contributed by atoms with Crippen molar-refractivity contribution >= 4 is 5.69 Å². The van der Waals surface area contributed by atoms with Crippen molar-refractivity contribution in [2.75, 3.05) is 33.8 Å². The summed E-state index contributed by atoms with van der Waals surface area (Å²) in [7, 11) is 6.41. The molecule has 3 rings (SSSR count). The van der Waals surface area contributed by atoms with E-state index in [4.69, 9.17) is 23.7 Å². The highest BCUT2D eigenvalue weighted by atomic mass is 16.5. The Kier molecular flexibility index (Phi) is 4.79. The fourth-order valence-corrected chi connectivity index (χ4v) is 3.06. The molecule has 134 valence electrons. The summed E-state index contributed by atoms with van der Waals surface area (Å²) in [5.41, 5.74) is 2.10. The van der Waals surface area contributed by atoms with Gasteiger partial charge in [-0.1, -0.05) is 0 Å². The topological polar surface area (TPSA) is 58.2 Å². The Morgan fingerprint density at radius 3 is 2.04 bits per heavy atom. The number of ether oxygens (including phenoxy) is 5. The first-order valence-electron chi connectivity index (χ1n) is 8.02. The van der Waals surface area contributed by atoms with Gasteiger partial charge >= 0.3 is 0 Å². The molecule has 0 spiro atoms. The van der Waals surface area contributed by atoms with E-state index in [1.54, 1.807) is 40.6 Å². The second-order valence-electron chi connectivity index (χ2n) is 5.79. The highest BCUT2D eigenvalue weighted by Crippen LogP contribution is 2.44. The zero-order chi connectivity index (χ0) is 18.0. The molecule has 0 saturated heterocycles. The van der Waals surface area contributed by atoms with Crippen molar-refractivity contribution in [3.63, 3.8) is 0 Å². The van der Waals surface area contributed by atoms with E-state index in [2.05, 4.69) is 12.2 Å². The molecule has 6 nitrogen and oxygen atoms in total. The highest BCUT2D eigenvalue weighted by molar-refractivity contribution is 5.62. The molecule has 0 saturated carbocycles. The number of methoxy groups -OCH3 is 4. The van der Waals surface area contributed by atoms with E-state index in [0.717, 1.165) is 17.0 Å². The SMILES string of the molecule is COc1ccc2c(c1)NC(C)C2Oc1cc(OC)c(OC)c(OC)c1. The van der Waals surface area contributed by atoms with Crippen LogP contribution >= 0.6 is 0 Å². The van der Waals surface area contributed by atoms with Crippen LogP contribution in [0.15, 0.2) is 30.3 Å². The van der Waals surface area contributed by atoms with Gasteiger partial charge in [0.25, 0.3) is 0 Å². The Morgan fingerprint density at radius 2 is 1.48 bits per heavy atom. The Balaban J connectivity index is 1.93. The maximum absolute atomic E-state index is 6.25. The number of hydrogen-bond acceptors (Lipinski definition) is 6. The summed E-state index contributed by atoms with van der Waals surface area (Å²) >= 11 is 0. The third kappa shape index (κ3) is 3.12. The zero-order valence-corrected chi connectivity index (χ0v) is 15.1.